The van der Waals surface area contributed by atoms with Crippen LogP contribution in [-0.4, -0.2) is 40.0 Å². The van der Waals surface area contributed by atoms with Crippen LogP contribution < -0.4 is 5.32 Å². The third kappa shape index (κ3) is 3.34. The van der Waals surface area contributed by atoms with Gasteiger partial charge in [-0.15, -0.1) is 11.8 Å². The van der Waals surface area contributed by atoms with Crippen molar-refractivity contribution < 1.29 is 4.52 Å². The van der Waals surface area contributed by atoms with Crippen molar-refractivity contribution in [2.45, 2.75) is 49.8 Å². The summed E-state index contributed by atoms with van der Waals surface area (Å²) >= 11 is 3.96. The van der Waals surface area contributed by atoms with Gasteiger partial charge in [-0.2, -0.15) is 16.7 Å². The summed E-state index contributed by atoms with van der Waals surface area (Å²) in [6, 6.07) is 0.525. The molecule has 0 bridgehead atoms. The van der Waals surface area contributed by atoms with E-state index in [0.717, 1.165) is 24.0 Å². The van der Waals surface area contributed by atoms with E-state index in [-0.39, 0.29) is 0 Å². The fourth-order valence-corrected chi connectivity index (χ4v) is 5.58. The quantitative estimate of drug-likeness (QED) is 0.901. The van der Waals surface area contributed by atoms with Crippen molar-refractivity contribution in [2.24, 2.45) is 0 Å². The van der Waals surface area contributed by atoms with Crippen molar-refractivity contribution in [2.75, 3.05) is 23.8 Å². The predicted molar refractivity (Wildman–Crippen MR) is 85.5 cm³/mol. The minimum absolute atomic E-state index is 0.420. The van der Waals surface area contributed by atoms with Gasteiger partial charge in [-0.1, -0.05) is 18.5 Å². The van der Waals surface area contributed by atoms with Gasteiger partial charge in [0.1, 0.15) is 0 Å². The molecule has 1 aromatic rings. The second kappa shape index (κ2) is 7.18. The van der Waals surface area contributed by atoms with Gasteiger partial charge in [0.2, 0.25) is 5.89 Å². The highest BCUT2D eigenvalue weighted by molar-refractivity contribution is 8.06. The van der Waals surface area contributed by atoms with Crippen LogP contribution in [0.3, 0.4) is 0 Å². The summed E-state index contributed by atoms with van der Waals surface area (Å²) < 4.78 is 5.59. The smallest absolute Gasteiger partial charge is 0.231 e. The van der Waals surface area contributed by atoms with Gasteiger partial charge >= 0.3 is 0 Å². The number of thioether (sulfide) groups is 2. The third-order valence-electron chi connectivity index (χ3n) is 4.05. The van der Waals surface area contributed by atoms with Crippen LogP contribution in [0.4, 0.5) is 0 Å². The Balaban J connectivity index is 1.65. The first-order valence-corrected chi connectivity index (χ1v) is 9.85. The van der Waals surface area contributed by atoms with Crippen LogP contribution in [-0.2, 0) is 0 Å². The van der Waals surface area contributed by atoms with Crippen LogP contribution in [0.25, 0.3) is 0 Å². The SMILES string of the molecule is CCCNC1CCCC1c1nc(C2CSCCS2)no1. The van der Waals surface area contributed by atoms with E-state index >= 15 is 0 Å². The van der Waals surface area contributed by atoms with Crippen LogP contribution in [0, 0.1) is 0 Å². The Morgan fingerprint density at radius 1 is 1.35 bits per heavy atom. The van der Waals surface area contributed by atoms with Crippen molar-refractivity contribution in [3.05, 3.63) is 11.7 Å². The molecule has 3 atom stereocenters. The zero-order chi connectivity index (χ0) is 13.8. The summed E-state index contributed by atoms with van der Waals surface area (Å²) in [7, 11) is 0. The molecule has 3 unspecified atom stereocenters. The van der Waals surface area contributed by atoms with E-state index < -0.39 is 0 Å². The molecule has 0 aromatic carbocycles. The van der Waals surface area contributed by atoms with Gasteiger partial charge in [-0.05, 0) is 25.8 Å². The zero-order valence-electron chi connectivity index (χ0n) is 12.0. The van der Waals surface area contributed by atoms with Gasteiger partial charge in [0.05, 0.1) is 11.2 Å². The van der Waals surface area contributed by atoms with Crippen LogP contribution >= 0.6 is 23.5 Å². The number of hydrogen-bond acceptors (Lipinski definition) is 6. The molecule has 1 saturated heterocycles. The highest BCUT2D eigenvalue weighted by Crippen LogP contribution is 2.38. The molecule has 3 rings (SSSR count). The lowest BCUT2D eigenvalue weighted by Gasteiger charge is -2.18. The Labute approximate surface area is 129 Å². The van der Waals surface area contributed by atoms with E-state index in [1.165, 1.54) is 37.2 Å². The molecule has 6 heteroatoms. The number of nitrogens with zero attached hydrogens (tertiary/aromatic N) is 2. The number of rotatable bonds is 5. The van der Waals surface area contributed by atoms with Gasteiger partial charge in [-0.3, -0.25) is 0 Å². The highest BCUT2D eigenvalue weighted by atomic mass is 32.2. The van der Waals surface area contributed by atoms with Crippen LogP contribution in [0.5, 0.6) is 0 Å². The summed E-state index contributed by atoms with van der Waals surface area (Å²) in [5.74, 6) is 5.76. The average molecular weight is 313 g/mol. The molecule has 2 heterocycles. The maximum absolute atomic E-state index is 5.59. The molecule has 4 nitrogen and oxygen atoms in total. The summed E-state index contributed by atoms with van der Waals surface area (Å²) in [5.41, 5.74) is 0. The molecule has 20 heavy (non-hydrogen) atoms. The lowest BCUT2D eigenvalue weighted by Crippen LogP contribution is -2.31. The van der Waals surface area contributed by atoms with Crippen LogP contribution in [0.15, 0.2) is 4.52 Å². The van der Waals surface area contributed by atoms with E-state index in [1.807, 2.05) is 23.5 Å². The maximum atomic E-state index is 5.59. The largest absolute Gasteiger partial charge is 0.339 e. The second-order valence-corrected chi connectivity index (χ2v) is 7.98. The molecule has 1 aliphatic carbocycles. The van der Waals surface area contributed by atoms with Gasteiger partial charge < -0.3 is 9.84 Å². The van der Waals surface area contributed by atoms with Crippen molar-refractivity contribution >= 4 is 23.5 Å². The Morgan fingerprint density at radius 3 is 3.10 bits per heavy atom. The van der Waals surface area contributed by atoms with E-state index in [4.69, 9.17) is 9.51 Å². The molecule has 1 aromatic heterocycles. The summed E-state index contributed by atoms with van der Waals surface area (Å²) in [6.07, 6.45) is 4.85. The third-order valence-corrected chi connectivity index (χ3v) is 6.80. The minimum atomic E-state index is 0.420. The monoisotopic (exact) mass is 313 g/mol. The van der Waals surface area contributed by atoms with Crippen LogP contribution in [0.2, 0.25) is 0 Å². The lowest BCUT2D eigenvalue weighted by atomic mass is 10.0. The van der Waals surface area contributed by atoms with Crippen LogP contribution in [0.1, 0.15) is 55.5 Å². The molecule has 112 valence electrons. The van der Waals surface area contributed by atoms with E-state index in [1.54, 1.807) is 0 Å². The zero-order valence-corrected chi connectivity index (χ0v) is 13.6. The average Bonchev–Trinajstić information content (AvgIpc) is 3.14. The normalized spacial score (nSPS) is 30.8. The molecule has 1 saturated carbocycles. The molecule has 1 N–H and O–H groups in total. The summed E-state index contributed by atoms with van der Waals surface area (Å²) in [6.45, 7) is 3.29. The first-order valence-electron chi connectivity index (χ1n) is 7.64. The Morgan fingerprint density at radius 2 is 2.30 bits per heavy atom. The van der Waals surface area contributed by atoms with Crippen molar-refractivity contribution in [3.63, 3.8) is 0 Å². The summed E-state index contributed by atoms with van der Waals surface area (Å²) in [4.78, 5) is 4.72. The lowest BCUT2D eigenvalue weighted by molar-refractivity contribution is 0.328. The van der Waals surface area contributed by atoms with Crippen molar-refractivity contribution in [1.29, 1.82) is 0 Å². The number of hydrogen-bond donors (Lipinski definition) is 1. The topological polar surface area (TPSA) is 51.0 Å². The molecule has 2 aliphatic rings. The van der Waals surface area contributed by atoms with E-state index in [2.05, 4.69) is 17.4 Å². The first-order chi connectivity index (χ1) is 9.88. The number of nitrogens with one attached hydrogen (secondary N) is 1. The molecular weight excluding hydrogens is 290 g/mol. The van der Waals surface area contributed by atoms with Gasteiger partial charge in [-0.25, -0.2) is 0 Å². The number of aromatic nitrogens is 2. The molecule has 2 fully saturated rings. The van der Waals surface area contributed by atoms with Gasteiger partial charge in [0.15, 0.2) is 5.82 Å². The Kier molecular flexibility index (Phi) is 5.29. The van der Waals surface area contributed by atoms with E-state index in [0.29, 0.717) is 17.2 Å². The first kappa shape index (κ1) is 14.7. The summed E-state index contributed by atoms with van der Waals surface area (Å²) in [5, 5.41) is 8.31. The fourth-order valence-electron chi connectivity index (χ4n) is 3.00. The van der Waals surface area contributed by atoms with Gasteiger partial charge in [0, 0.05) is 23.3 Å². The Bertz CT molecular complexity index is 420. The van der Waals surface area contributed by atoms with E-state index in [9.17, 15) is 0 Å². The highest BCUT2D eigenvalue weighted by Gasteiger charge is 2.33. The van der Waals surface area contributed by atoms with Crippen molar-refractivity contribution in [1.82, 2.24) is 15.5 Å². The Hall–Kier alpha value is -0.200. The standard InChI is InChI=1S/C14H23N3OS2/c1-2-6-15-11-5-3-4-10(11)14-16-13(17-18-14)12-9-19-7-8-20-12/h10-12,15H,2-9H2,1H3. The molecule has 0 radical (unpaired) electrons. The van der Waals surface area contributed by atoms with Crippen molar-refractivity contribution in [3.8, 4) is 0 Å². The molecule has 0 amide bonds. The van der Waals surface area contributed by atoms with Gasteiger partial charge in [0.25, 0.3) is 0 Å². The molecule has 0 spiro atoms. The molecular formula is C14H23N3OS2. The minimum Gasteiger partial charge on any atom is -0.339 e. The predicted octanol–water partition coefficient (Wildman–Crippen LogP) is 3.23. The fraction of sp³-hybridized carbons (Fsp3) is 0.857. The maximum Gasteiger partial charge on any atom is 0.231 e. The molecule has 1 aliphatic heterocycles. The second-order valence-electron chi connectivity index (χ2n) is 5.52.